The monoisotopic (exact) mass is 1090 g/mol. The Labute approximate surface area is 495 Å². The van der Waals surface area contributed by atoms with E-state index in [9.17, 15) is 0 Å². The van der Waals surface area contributed by atoms with Crippen molar-refractivity contribution in [3.8, 4) is 66.8 Å². The minimum Gasteiger partial charge on any atom is -0.376 e. The van der Waals surface area contributed by atoms with Crippen molar-refractivity contribution in [1.82, 2.24) is 0 Å². The fourth-order valence-corrected chi connectivity index (χ4v) is 14.4. The molecule has 394 valence electrons. The quantitative estimate of drug-likeness (QED) is 0.126. The third-order valence-corrected chi connectivity index (χ3v) is 18.3. The van der Waals surface area contributed by atoms with Gasteiger partial charge in [0.1, 0.15) is 0 Å². The molecule has 0 amide bonds. The van der Waals surface area contributed by atoms with E-state index >= 15 is 0 Å². The molecular weight excluding hydrogens is 1030 g/mol. The van der Waals surface area contributed by atoms with Crippen molar-refractivity contribution in [3.05, 3.63) is 315 Å². The zero-order chi connectivity index (χ0) is 55.7. The van der Waals surface area contributed by atoms with Crippen molar-refractivity contribution >= 4 is 94.8 Å². The van der Waals surface area contributed by atoms with Crippen molar-refractivity contribution in [2.75, 3.05) is 14.6 Å². The summed E-state index contributed by atoms with van der Waals surface area (Å²) >= 11 is 1.90. The van der Waals surface area contributed by atoms with Gasteiger partial charge in [0.05, 0.1) is 0 Å². The number of anilines is 8. The molecule has 3 nitrogen and oxygen atoms in total. The van der Waals surface area contributed by atoms with Crippen LogP contribution >= 0.6 is 11.3 Å². The second-order valence-corrected chi connectivity index (χ2v) is 23.1. The van der Waals surface area contributed by atoms with E-state index in [2.05, 4.69) is 331 Å². The van der Waals surface area contributed by atoms with Crippen molar-refractivity contribution in [1.29, 1.82) is 0 Å². The van der Waals surface area contributed by atoms with E-state index < -0.39 is 0 Å². The summed E-state index contributed by atoms with van der Waals surface area (Å²) in [7, 11) is 0. The lowest BCUT2D eigenvalue weighted by atomic mass is 9.43. The maximum absolute atomic E-state index is 2.67. The Bertz CT molecular complexity index is 4690. The summed E-state index contributed by atoms with van der Waals surface area (Å²) in [6.45, 7) is 2.02. The molecule has 0 N–H and O–H groups in total. The van der Waals surface area contributed by atoms with Crippen molar-refractivity contribution in [2.45, 2.75) is 6.92 Å². The molecule has 5 heteroatoms. The first-order valence-electron chi connectivity index (χ1n) is 28.9. The largest absolute Gasteiger partial charge is 0.376 e. The fourth-order valence-electron chi connectivity index (χ4n) is 13.2. The van der Waals surface area contributed by atoms with Crippen LogP contribution in [0.25, 0.3) is 86.9 Å². The minimum atomic E-state index is -0.267. The zero-order valence-electron chi connectivity index (χ0n) is 46.3. The van der Waals surface area contributed by atoms with Crippen LogP contribution in [0.2, 0.25) is 0 Å². The van der Waals surface area contributed by atoms with Crippen LogP contribution in [-0.4, -0.2) is 6.85 Å². The molecule has 0 fully saturated rings. The Morgan fingerprint density at radius 1 is 0.333 bits per heavy atom. The molecule has 0 bridgehead atoms. The van der Waals surface area contributed by atoms with Gasteiger partial charge in [-0.25, -0.2) is 0 Å². The fraction of sp³-hybridized carbons (Fsp3) is 0.0127. The third kappa shape index (κ3) is 8.43. The predicted octanol–water partition coefficient (Wildman–Crippen LogP) is 20.9. The second-order valence-electron chi connectivity index (χ2n) is 22.0. The van der Waals surface area contributed by atoms with Crippen molar-refractivity contribution in [3.63, 3.8) is 0 Å². The van der Waals surface area contributed by atoms with Gasteiger partial charge < -0.3 is 14.6 Å². The molecule has 0 radical (unpaired) electrons. The first-order chi connectivity index (χ1) is 41.6. The molecule has 14 aromatic rings. The van der Waals surface area contributed by atoms with E-state index in [0.29, 0.717) is 0 Å². The summed E-state index contributed by atoms with van der Waals surface area (Å²) in [6, 6.07) is 114. The number of fused-ring (bicyclic) bond motifs is 8. The van der Waals surface area contributed by atoms with Crippen LogP contribution in [0, 0.1) is 6.92 Å². The minimum absolute atomic E-state index is 0.267. The van der Waals surface area contributed by atoms with Crippen molar-refractivity contribution in [2.24, 2.45) is 0 Å². The molecule has 0 spiro atoms. The van der Waals surface area contributed by atoms with Gasteiger partial charge in [-0.3, -0.25) is 0 Å². The van der Waals surface area contributed by atoms with Gasteiger partial charge in [0, 0.05) is 71.2 Å². The first-order valence-corrected chi connectivity index (χ1v) is 29.7. The van der Waals surface area contributed by atoms with Gasteiger partial charge in [0.15, 0.2) is 0 Å². The van der Waals surface area contributed by atoms with Crippen molar-refractivity contribution < 1.29 is 0 Å². The average molecular weight is 1090 g/mol. The number of hydrogen-bond donors (Lipinski definition) is 0. The summed E-state index contributed by atoms with van der Waals surface area (Å²) in [5.41, 5.74) is 27.1. The summed E-state index contributed by atoms with van der Waals surface area (Å²) in [5, 5.41) is 2.58. The Kier molecular flexibility index (Phi) is 12.1. The smallest absolute Gasteiger partial charge is 0.333 e. The third-order valence-electron chi connectivity index (χ3n) is 17.1. The van der Waals surface area contributed by atoms with Crippen LogP contribution in [0.15, 0.2) is 309 Å². The van der Waals surface area contributed by atoms with Gasteiger partial charge in [0.2, 0.25) is 0 Å². The summed E-state index contributed by atoms with van der Waals surface area (Å²) < 4.78 is 2.55. The number of hydrogen-bond acceptors (Lipinski definition) is 4. The van der Waals surface area contributed by atoms with E-state index in [0.717, 1.165) is 34.1 Å². The molecule has 0 saturated carbocycles. The highest BCUT2D eigenvalue weighted by atomic mass is 32.1. The first kappa shape index (κ1) is 49.4. The summed E-state index contributed by atoms with van der Waals surface area (Å²) in [4.78, 5) is 7.71. The highest BCUT2D eigenvalue weighted by molar-refractivity contribution is 7.26. The van der Waals surface area contributed by atoms with Gasteiger partial charge in [-0.2, -0.15) is 0 Å². The lowest BCUT2D eigenvalue weighted by Crippen LogP contribution is -2.61. The zero-order valence-corrected chi connectivity index (χ0v) is 47.1. The maximum Gasteiger partial charge on any atom is 0.333 e. The molecule has 2 aliphatic heterocycles. The topological polar surface area (TPSA) is 9.72 Å². The summed E-state index contributed by atoms with van der Waals surface area (Å²) in [5.74, 6) is 0. The van der Waals surface area contributed by atoms with Gasteiger partial charge in [0.25, 0.3) is 0 Å². The molecule has 0 aliphatic carbocycles. The molecule has 13 aromatic carbocycles. The highest BCUT2D eigenvalue weighted by Gasteiger charge is 2.47. The molecule has 2 aliphatic rings. The van der Waals surface area contributed by atoms with Gasteiger partial charge in [-0.15, -0.1) is 11.3 Å². The molecule has 16 rings (SSSR count). The lowest BCUT2D eigenvalue weighted by Gasteiger charge is -2.46. The Morgan fingerprint density at radius 2 is 0.786 bits per heavy atom. The van der Waals surface area contributed by atoms with Crippen LogP contribution in [-0.2, 0) is 0 Å². The molecule has 3 heterocycles. The molecule has 0 atom stereocenters. The highest BCUT2D eigenvalue weighted by Crippen LogP contribution is 2.54. The van der Waals surface area contributed by atoms with Crippen LogP contribution in [0.5, 0.6) is 0 Å². The maximum atomic E-state index is 2.67. The van der Waals surface area contributed by atoms with E-state index in [1.165, 1.54) is 115 Å². The van der Waals surface area contributed by atoms with E-state index in [1.54, 1.807) is 0 Å². The standard InChI is InChI=1S/C79H54BN3S/c1-53-48-62(57-26-13-5-14-27-57)38-45-71(53)82-73-47-44-66(81(64-40-34-59(35-41-64)54-20-7-2-8-21-54)65-42-36-60(37-43-65)55-22-9-3-10-23-55)51-70(73)80-79-74(82)52-76-77(68-32-17-18-33-75(68)84-76)78(79)69-50-63(58-28-15-6-16-29-58)39-46-72(69)83(80)67-31-19-30-61(49-67)56-24-11-4-12-25-56/h2-52H,1H3. The molecule has 0 unspecified atom stereocenters. The number of nitrogens with zero attached hydrogens (tertiary/aromatic N) is 3. The number of benzene rings is 13. The van der Waals surface area contributed by atoms with Crippen LogP contribution in [0.4, 0.5) is 45.5 Å². The van der Waals surface area contributed by atoms with E-state index in [1.807, 2.05) is 11.3 Å². The van der Waals surface area contributed by atoms with E-state index in [-0.39, 0.29) is 6.85 Å². The normalized spacial score (nSPS) is 12.3. The molecule has 1 aromatic heterocycles. The Balaban J connectivity index is 0.996. The summed E-state index contributed by atoms with van der Waals surface area (Å²) in [6.07, 6.45) is 0. The number of aryl methyl sites for hydroxylation is 1. The van der Waals surface area contributed by atoms with Crippen LogP contribution < -0.4 is 25.5 Å². The lowest BCUT2D eigenvalue weighted by molar-refractivity contribution is 1.24. The average Bonchev–Trinajstić information content (AvgIpc) is 1.11. The number of thiophene rings is 1. The molecule has 0 saturated heterocycles. The Morgan fingerprint density at radius 3 is 1.36 bits per heavy atom. The Hall–Kier alpha value is -10.5. The van der Waals surface area contributed by atoms with Gasteiger partial charge in [-0.1, -0.05) is 218 Å². The molecular formula is C79H54BN3S. The second kappa shape index (κ2) is 20.5. The van der Waals surface area contributed by atoms with E-state index in [4.69, 9.17) is 0 Å². The SMILES string of the molecule is Cc1cc(-c2ccccc2)ccc1N1c2ccc(N(c3ccc(-c4ccccc4)cc3)c3ccc(-c4ccccc4)cc3)cc2B2c3c1cc1sc4ccccc4c1c3-c1cc(-c3ccccc3)ccc1N2c1cccc(-c2ccccc2)c1. The predicted molar refractivity (Wildman–Crippen MR) is 360 cm³/mol. The van der Waals surface area contributed by atoms with Crippen LogP contribution in [0.3, 0.4) is 0 Å². The van der Waals surface area contributed by atoms with Gasteiger partial charge in [-0.05, 0) is 176 Å². The molecule has 84 heavy (non-hydrogen) atoms. The number of rotatable bonds is 10. The van der Waals surface area contributed by atoms with Gasteiger partial charge >= 0.3 is 6.85 Å². The van der Waals surface area contributed by atoms with Crippen LogP contribution in [0.1, 0.15) is 5.56 Å².